The van der Waals surface area contributed by atoms with Crippen molar-refractivity contribution in [1.82, 2.24) is 9.88 Å². The summed E-state index contributed by atoms with van der Waals surface area (Å²) in [4.78, 5) is 9.46. The van der Waals surface area contributed by atoms with E-state index in [-0.39, 0.29) is 24.8 Å². The molecule has 0 N–H and O–H groups in total. The van der Waals surface area contributed by atoms with Crippen molar-refractivity contribution in [1.29, 1.82) is 0 Å². The maximum atomic E-state index is 6.21. The van der Waals surface area contributed by atoms with Gasteiger partial charge in [-0.25, -0.2) is 0 Å². The highest BCUT2D eigenvalue weighted by Gasteiger charge is 2.20. The predicted octanol–water partition coefficient (Wildman–Crippen LogP) is 11.5. The Kier molecular flexibility index (Phi) is 17.5. The smallest absolute Gasteiger partial charge is 0.161 e. The van der Waals surface area contributed by atoms with Crippen molar-refractivity contribution in [2.24, 2.45) is 0 Å². The first kappa shape index (κ1) is 42.8. The standard InChI is InChI=1S/C24H29NO4.C18H18ClNS.2ClH/c1-5-26-21-10-9-17(14-22(21)27-6-2)13-20-19-16-24(29-8-4)23(28-7-3)15-18(19)11-12-25-20;1-20(2)11-5-7-14-15-6-3-4-8-17(15)21-18-10-9-13(19)12-16(14)18;;/h9-12,14-16H,5-8,13H2,1-4H3;3-4,6-10,12H,5,11H2,1-2H3;2*1H. The molecule has 2 heterocycles. The molecule has 1 aliphatic heterocycles. The lowest BCUT2D eigenvalue weighted by atomic mass is 9.96. The maximum Gasteiger partial charge on any atom is 0.161 e. The van der Waals surface area contributed by atoms with Crippen LogP contribution in [0.15, 0.2) is 101 Å². The molecule has 0 saturated carbocycles. The third kappa shape index (κ3) is 11.0. The second-order valence-electron chi connectivity index (χ2n) is 11.9. The van der Waals surface area contributed by atoms with Gasteiger partial charge in [0.2, 0.25) is 0 Å². The summed E-state index contributed by atoms with van der Waals surface area (Å²) >= 11 is 8.03. The largest absolute Gasteiger partial charge is 0.490 e. The number of hydrogen-bond donors (Lipinski definition) is 0. The Balaban J connectivity index is 0.000000282. The third-order valence-corrected chi connectivity index (χ3v) is 9.43. The second-order valence-corrected chi connectivity index (χ2v) is 13.4. The Morgan fingerprint density at radius 1 is 0.692 bits per heavy atom. The van der Waals surface area contributed by atoms with Crippen molar-refractivity contribution in [3.63, 3.8) is 0 Å². The first-order valence-corrected chi connectivity index (χ1v) is 18.5. The van der Waals surface area contributed by atoms with Gasteiger partial charge in [-0.2, -0.15) is 0 Å². The summed E-state index contributed by atoms with van der Waals surface area (Å²) in [5.74, 6) is 3.04. The van der Waals surface area contributed by atoms with E-state index in [2.05, 4.69) is 72.5 Å². The zero-order valence-electron chi connectivity index (χ0n) is 30.7. The molecule has 0 spiro atoms. The highest BCUT2D eigenvalue weighted by molar-refractivity contribution is 7.99. The SMILES string of the molecule is CCOc1ccc(Cc2nccc3cc(OCC)c(OCC)cc23)cc1OCC.CN(C)CCC=C1c2ccccc2Sc2ccc(Cl)cc21.Cl.Cl. The van der Waals surface area contributed by atoms with Crippen LogP contribution in [-0.2, 0) is 6.42 Å². The fourth-order valence-corrected chi connectivity index (χ4v) is 7.11. The normalized spacial score (nSPS) is 12.1. The van der Waals surface area contributed by atoms with Gasteiger partial charge in [0.15, 0.2) is 23.0 Å². The summed E-state index contributed by atoms with van der Waals surface area (Å²) < 4.78 is 23.0. The number of nitrogens with zero attached hydrogens (tertiary/aromatic N) is 2. The number of benzene rings is 4. The Morgan fingerprint density at radius 3 is 2.02 bits per heavy atom. The molecular weight excluding hydrogens is 735 g/mol. The van der Waals surface area contributed by atoms with Gasteiger partial charge in [-0.05, 0) is 130 Å². The van der Waals surface area contributed by atoms with Gasteiger partial charge in [0, 0.05) is 39.4 Å². The summed E-state index contributed by atoms with van der Waals surface area (Å²) in [5.41, 5.74) is 5.98. The summed E-state index contributed by atoms with van der Waals surface area (Å²) in [6.07, 6.45) is 5.90. The minimum absolute atomic E-state index is 0. The van der Waals surface area contributed by atoms with E-state index in [0.717, 1.165) is 63.0 Å². The molecule has 0 fully saturated rings. The molecule has 0 saturated heterocycles. The Hall–Kier alpha value is -3.59. The number of hydrogen-bond acceptors (Lipinski definition) is 7. The van der Waals surface area contributed by atoms with Crippen LogP contribution in [-0.4, -0.2) is 57.0 Å². The summed E-state index contributed by atoms with van der Waals surface area (Å²) in [6.45, 7) is 11.3. The lowest BCUT2D eigenvalue weighted by Gasteiger charge is -2.22. The molecule has 0 bridgehead atoms. The van der Waals surface area contributed by atoms with Gasteiger partial charge in [-0.15, -0.1) is 24.8 Å². The molecule has 6 nitrogen and oxygen atoms in total. The Bertz CT molecular complexity index is 1940. The molecule has 10 heteroatoms. The number of ether oxygens (including phenoxy) is 4. The molecule has 0 aliphatic carbocycles. The summed E-state index contributed by atoms with van der Waals surface area (Å²) in [5, 5.41) is 2.94. The molecule has 1 aromatic heterocycles. The molecule has 4 aromatic carbocycles. The monoisotopic (exact) mass is 782 g/mol. The van der Waals surface area contributed by atoms with Crippen molar-refractivity contribution < 1.29 is 18.9 Å². The van der Waals surface area contributed by atoms with Crippen molar-refractivity contribution in [2.45, 2.75) is 50.3 Å². The van der Waals surface area contributed by atoms with Gasteiger partial charge in [-0.3, -0.25) is 4.98 Å². The first-order chi connectivity index (χ1) is 24.3. The zero-order valence-corrected chi connectivity index (χ0v) is 33.9. The number of fused-ring (bicyclic) bond motifs is 3. The zero-order chi connectivity index (χ0) is 35.5. The first-order valence-electron chi connectivity index (χ1n) is 17.3. The molecule has 52 heavy (non-hydrogen) atoms. The number of halogens is 3. The van der Waals surface area contributed by atoms with E-state index >= 15 is 0 Å². The average Bonchev–Trinajstić information content (AvgIpc) is 3.10. The lowest BCUT2D eigenvalue weighted by Crippen LogP contribution is -2.12. The molecule has 1 aliphatic rings. The van der Waals surface area contributed by atoms with Crippen LogP contribution in [0.3, 0.4) is 0 Å². The molecular formula is C42H49Cl3N2O4S. The fraction of sp³-hybridized carbons (Fsp3) is 0.310. The van der Waals surface area contributed by atoms with E-state index < -0.39 is 0 Å². The molecule has 0 amide bonds. The molecule has 278 valence electrons. The molecule has 0 unspecified atom stereocenters. The van der Waals surface area contributed by atoms with Crippen molar-refractivity contribution in [3.8, 4) is 23.0 Å². The highest BCUT2D eigenvalue weighted by atomic mass is 35.5. The van der Waals surface area contributed by atoms with Gasteiger partial charge in [0.05, 0.1) is 32.1 Å². The van der Waals surface area contributed by atoms with Crippen LogP contribution >= 0.6 is 48.2 Å². The average molecular weight is 784 g/mol. The van der Waals surface area contributed by atoms with Crippen molar-refractivity contribution >= 4 is 64.5 Å². The van der Waals surface area contributed by atoms with E-state index in [1.165, 1.54) is 26.5 Å². The minimum Gasteiger partial charge on any atom is -0.490 e. The molecule has 0 radical (unpaired) electrons. The van der Waals surface area contributed by atoms with Crippen LogP contribution in [0.5, 0.6) is 23.0 Å². The van der Waals surface area contributed by atoms with E-state index in [9.17, 15) is 0 Å². The van der Waals surface area contributed by atoms with Crippen molar-refractivity contribution in [3.05, 3.63) is 119 Å². The van der Waals surface area contributed by atoms with Crippen LogP contribution in [0, 0.1) is 0 Å². The van der Waals surface area contributed by atoms with Gasteiger partial charge in [0.1, 0.15) is 0 Å². The fourth-order valence-electron chi connectivity index (χ4n) is 5.85. The van der Waals surface area contributed by atoms with E-state index in [4.69, 9.17) is 30.5 Å². The number of aromatic nitrogens is 1. The Morgan fingerprint density at radius 2 is 1.33 bits per heavy atom. The van der Waals surface area contributed by atoms with Crippen LogP contribution in [0.25, 0.3) is 16.3 Å². The molecule has 0 atom stereocenters. The van der Waals surface area contributed by atoms with Gasteiger partial charge < -0.3 is 23.8 Å². The third-order valence-electron chi connectivity index (χ3n) is 8.04. The topological polar surface area (TPSA) is 53.1 Å². The van der Waals surface area contributed by atoms with Gasteiger partial charge in [0.25, 0.3) is 0 Å². The van der Waals surface area contributed by atoms with Crippen molar-refractivity contribution in [2.75, 3.05) is 47.1 Å². The van der Waals surface area contributed by atoms with E-state index in [1.807, 2.05) is 82.1 Å². The van der Waals surface area contributed by atoms with Crippen LogP contribution in [0.4, 0.5) is 0 Å². The van der Waals surface area contributed by atoms with E-state index in [1.54, 1.807) is 0 Å². The lowest BCUT2D eigenvalue weighted by molar-refractivity contribution is 0.287. The van der Waals surface area contributed by atoms with Crippen LogP contribution in [0.1, 0.15) is 56.5 Å². The highest BCUT2D eigenvalue weighted by Crippen LogP contribution is 2.46. The summed E-state index contributed by atoms with van der Waals surface area (Å²) in [7, 11) is 4.21. The minimum atomic E-state index is 0. The Labute approximate surface area is 330 Å². The number of pyridine rings is 1. The van der Waals surface area contributed by atoms with Gasteiger partial charge >= 0.3 is 0 Å². The maximum absolute atomic E-state index is 6.21. The summed E-state index contributed by atoms with van der Waals surface area (Å²) in [6, 6.07) is 26.9. The molecule has 6 rings (SSSR count). The predicted molar refractivity (Wildman–Crippen MR) is 222 cm³/mol. The van der Waals surface area contributed by atoms with Crippen LogP contribution in [0.2, 0.25) is 5.02 Å². The van der Waals surface area contributed by atoms with Crippen LogP contribution < -0.4 is 18.9 Å². The van der Waals surface area contributed by atoms with Gasteiger partial charge in [-0.1, -0.05) is 53.7 Å². The number of rotatable bonds is 13. The van der Waals surface area contributed by atoms with E-state index in [0.29, 0.717) is 32.8 Å². The second kappa shape index (κ2) is 21.2. The molecule has 5 aromatic rings. The quantitative estimate of drug-likeness (QED) is 0.116.